The van der Waals surface area contributed by atoms with Gasteiger partial charge in [-0.2, -0.15) is 0 Å². The number of nitrogens with one attached hydrogen (secondary N) is 1. The summed E-state index contributed by atoms with van der Waals surface area (Å²) in [5, 5.41) is 11.6. The maximum Gasteiger partial charge on any atom is 0.326 e. The number of ether oxygens (including phenoxy) is 1. The van der Waals surface area contributed by atoms with Crippen LogP contribution in [-0.2, 0) is 16.0 Å². The molecule has 0 aliphatic carbocycles. The van der Waals surface area contributed by atoms with Crippen molar-refractivity contribution in [1.82, 2.24) is 5.32 Å². The second kappa shape index (κ2) is 8.05. The van der Waals surface area contributed by atoms with Crippen molar-refractivity contribution in [3.8, 4) is 5.75 Å². The zero-order chi connectivity index (χ0) is 18.4. The van der Waals surface area contributed by atoms with E-state index in [4.69, 9.17) is 4.74 Å². The van der Waals surface area contributed by atoms with Gasteiger partial charge in [-0.05, 0) is 29.8 Å². The number of carbonyl (C=O) groups excluding carboxylic acids is 2. The summed E-state index contributed by atoms with van der Waals surface area (Å²) < 4.78 is 18.6. The van der Waals surface area contributed by atoms with Crippen molar-refractivity contribution in [2.75, 3.05) is 0 Å². The molecular weight excluding hydrogens is 329 g/mol. The van der Waals surface area contributed by atoms with Gasteiger partial charge in [0.2, 0.25) is 0 Å². The van der Waals surface area contributed by atoms with Gasteiger partial charge >= 0.3 is 11.9 Å². The molecule has 2 rings (SSSR count). The lowest BCUT2D eigenvalue weighted by Crippen LogP contribution is -2.42. The van der Waals surface area contributed by atoms with Gasteiger partial charge < -0.3 is 15.2 Å². The zero-order valence-corrected chi connectivity index (χ0v) is 13.4. The van der Waals surface area contributed by atoms with Gasteiger partial charge in [-0.3, -0.25) is 9.59 Å². The number of esters is 1. The van der Waals surface area contributed by atoms with Crippen LogP contribution in [0.15, 0.2) is 48.5 Å². The molecule has 130 valence electrons. The second-order valence-electron chi connectivity index (χ2n) is 5.28. The van der Waals surface area contributed by atoms with E-state index in [9.17, 15) is 23.9 Å². The van der Waals surface area contributed by atoms with Crippen molar-refractivity contribution in [2.24, 2.45) is 0 Å². The largest absolute Gasteiger partial charge is 0.480 e. The molecule has 2 aromatic carbocycles. The van der Waals surface area contributed by atoms with Crippen molar-refractivity contribution < 1.29 is 28.6 Å². The molecular formula is C18H16FNO5. The molecule has 0 bridgehead atoms. The van der Waals surface area contributed by atoms with Gasteiger partial charge in [-0.15, -0.1) is 0 Å². The van der Waals surface area contributed by atoms with Crippen LogP contribution in [0.3, 0.4) is 0 Å². The fraction of sp³-hybridized carbons (Fsp3) is 0.167. The minimum absolute atomic E-state index is 0.124. The molecule has 1 amide bonds. The van der Waals surface area contributed by atoms with Crippen LogP contribution in [0.25, 0.3) is 0 Å². The lowest BCUT2D eigenvalue weighted by atomic mass is 10.0. The lowest BCUT2D eigenvalue weighted by molar-refractivity contribution is -0.139. The fourth-order valence-electron chi connectivity index (χ4n) is 2.19. The number of aliphatic carboxylic acids is 1. The molecule has 1 atom stereocenters. The molecule has 0 heterocycles. The topological polar surface area (TPSA) is 92.7 Å². The monoisotopic (exact) mass is 345 g/mol. The maximum absolute atomic E-state index is 13.7. The Morgan fingerprint density at radius 3 is 2.52 bits per heavy atom. The highest BCUT2D eigenvalue weighted by atomic mass is 19.1. The van der Waals surface area contributed by atoms with E-state index in [1.807, 2.05) is 0 Å². The fourth-order valence-corrected chi connectivity index (χ4v) is 2.19. The number of benzene rings is 2. The third-order valence-corrected chi connectivity index (χ3v) is 3.34. The number of halogens is 1. The highest BCUT2D eigenvalue weighted by Crippen LogP contribution is 2.14. The third-order valence-electron chi connectivity index (χ3n) is 3.34. The number of carboxylic acids is 1. The van der Waals surface area contributed by atoms with E-state index >= 15 is 0 Å². The van der Waals surface area contributed by atoms with E-state index in [1.165, 1.54) is 49.4 Å². The summed E-state index contributed by atoms with van der Waals surface area (Å²) in [4.78, 5) is 34.6. The van der Waals surface area contributed by atoms with Crippen LogP contribution in [-0.4, -0.2) is 29.0 Å². The van der Waals surface area contributed by atoms with Gasteiger partial charge in [0.25, 0.3) is 5.91 Å². The van der Waals surface area contributed by atoms with E-state index in [0.717, 1.165) is 0 Å². The van der Waals surface area contributed by atoms with Crippen molar-refractivity contribution in [3.63, 3.8) is 0 Å². The normalized spacial score (nSPS) is 11.4. The van der Waals surface area contributed by atoms with Crippen LogP contribution in [0.4, 0.5) is 4.39 Å². The Balaban J connectivity index is 2.14. The minimum atomic E-state index is -1.30. The highest BCUT2D eigenvalue weighted by molar-refractivity contribution is 5.97. The van der Waals surface area contributed by atoms with Gasteiger partial charge in [0, 0.05) is 18.9 Å². The standard InChI is InChI=1S/C18H16FNO5/c1-11(21)25-14-7-4-6-13(9-14)17(22)20-16(18(23)24)10-12-5-2-3-8-15(12)19/h2-9,16H,10H2,1H3,(H,20,22)(H,23,24)/t16-/m0/s1. The molecule has 0 aliphatic heterocycles. The summed E-state index contributed by atoms with van der Waals surface area (Å²) in [6, 6.07) is 10.2. The molecule has 0 aliphatic rings. The van der Waals surface area contributed by atoms with E-state index in [0.29, 0.717) is 0 Å². The van der Waals surface area contributed by atoms with Crippen molar-refractivity contribution in [2.45, 2.75) is 19.4 Å². The van der Waals surface area contributed by atoms with Crippen molar-refractivity contribution in [1.29, 1.82) is 0 Å². The van der Waals surface area contributed by atoms with Crippen LogP contribution in [0.5, 0.6) is 5.75 Å². The van der Waals surface area contributed by atoms with Crippen LogP contribution in [0.2, 0.25) is 0 Å². The van der Waals surface area contributed by atoms with Gasteiger partial charge in [-0.25, -0.2) is 9.18 Å². The predicted molar refractivity (Wildman–Crippen MR) is 86.7 cm³/mol. The van der Waals surface area contributed by atoms with E-state index in [2.05, 4.69) is 5.32 Å². The molecule has 25 heavy (non-hydrogen) atoms. The Morgan fingerprint density at radius 1 is 1.16 bits per heavy atom. The lowest BCUT2D eigenvalue weighted by Gasteiger charge is -2.15. The predicted octanol–water partition coefficient (Wildman–Crippen LogP) is 2.18. The van der Waals surface area contributed by atoms with E-state index in [-0.39, 0.29) is 23.3 Å². The minimum Gasteiger partial charge on any atom is -0.480 e. The van der Waals surface area contributed by atoms with Gasteiger partial charge in [0.1, 0.15) is 17.6 Å². The number of rotatable bonds is 6. The number of carboxylic acid groups (broad SMARTS) is 1. The molecule has 0 fully saturated rings. The summed E-state index contributed by atoms with van der Waals surface area (Å²) in [7, 11) is 0. The summed E-state index contributed by atoms with van der Waals surface area (Å²) in [5.74, 6) is -2.87. The molecule has 0 saturated carbocycles. The SMILES string of the molecule is CC(=O)Oc1cccc(C(=O)N[C@@H](Cc2ccccc2F)C(=O)O)c1. The first-order chi connectivity index (χ1) is 11.9. The van der Waals surface area contributed by atoms with Gasteiger partial charge in [0.15, 0.2) is 0 Å². The molecule has 0 unspecified atom stereocenters. The number of amides is 1. The number of carbonyl (C=O) groups is 3. The highest BCUT2D eigenvalue weighted by Gasteiger charge is 2.22. The van der Waals surface area contributed by atoms with Gasteiger partial charge in [0.05, 0.1) is 0 Å². The molecule has 0 spiro atoms. The summed E-state index contributed by atoms with van der Waals surface area (Å²) in [6.45, 7) is 1.22. The van der Waals surface area contributed by atoms with E-state index < -0.39 is 29.7 Å². The third kappa shape index (κ3) is 5.13. The smallest absolute Gasteiger partial charge is 0.326 e. The first-order valence-corrected chi connectivity index (χ1v) is 7.42. The maximum atomic E-state index is 13.7. The zero-order valence-electron chi connectivity index (χ0n) is 13.4. The van der Waals surface area contributed by atoms with Crippen molar-refractivity contribution >= 4 is 17.8 Å². The van der Waals surface area contributed by atoms with Crippen LogP contribution in [0, 0.1) is 5.82 Å². The Labute approximate surface area is 143 Å². The molecule has 2 aromatic rings. The summed E-state index contributed by atoms with van der Waals surface area (Å²) >= 11 is 0. The van der Waals surface area contributed by atoms with Crippen LogP contribution < -0.4 is 10.1 Å². The number of hydrogen-bond acceptors (Lipinski definition) is 4. The Kier molecular flexibility index (Phi) is 5.84. The second-order valence-corrected chi connectivity index (χ2v) is 5.28. The van der Waals surface area contributed by atoms with Crippen molar-refractivity contribution in [3.05, 3.63) is 65.5 Å². The first-order valence-electron chi connectivity index (χ1n) is 7.42. The first kappa shape index (κ1) is 18.1. The summed E-state index contributed by atoms with van der Waals surface area (Å²) in [6.07, 6.45) is -0.197. The molecule has 7 heteroatoms. The summed E-state index contributed by atoms with van der Waals surface area (Å²) in [5.41, 5.74) is 0.308. The molecule has 0 aromatic heterocycles. The average molecular weight is 345 g/mol. The Hall–Kier alpha value is -3.22. The van der Waals surface area contributed by atoms with E-state index in [1.54, 1.807) is 6.07 Å². The Bertz CT molecular complexity index is 806. The van der Waals surface area contributed by atoms with Crippen LogP contribution >= 0.6 is 0 Å². The molecule has 0 radical (unpaired) electrons. The number of hydrogen-bond donors (Lipinski definition) is 2. The molecule has 2 N–H and O–H groups in total. The average Bonchev–Trinajstić information content (AvgIpc) is 2.55. The van der Waals surface area contributed by atoms with Gasteiger partial charge in [-0.1, -0.05) is 24.3 Å². The quantitative estimate of drug-likeness (QED) is 0.618. The Morgan fingerprint density at radius 2 is 1.88 bits per heavy atom. The molecule has 0 saturated heterocycles. The molecule has 6 nitrogen and oxygen atoms in total. The van der Waals surface area contributed by atoms with Crippen LogP contribution in [0.1, 0.15) is 22.8 Å².